The molecule has 1 aromatic carbocycles. The lowest BCUT2D eigenvalue weighted by Gasteiger charge is -2.33. The molecule has 0 saturated heterocycles. The lowest BCUT2D eigenvalue weighted by Crippen LogP contribution is -2.39. The first-order valence-corrected chi connectivity index (χ1v) is 5.08. The molecule has 0 aromatic heterocycles. The number of anilines is 2. The molecule has 0 spiro atoms. The van der Waals surface area contributed by atoms with Gasteiger partial charge in [-0.05, 0) is 31.5 Å². The van der Waals surface area contributed by atoms with Crippen molar-refractivity contribution in [3.05, 3.63) is 23.8 Å². The van der Waals surface area contributed by atoms with Crippen LogP contribution >= 0.6 is 0 Å². The molecule has 0 bridgehead atoms. The Kier molecular flexibility index (Phi) is 1.78. The molecule has 1 aliphatic rings. The van der Waals surface area contributed by atoms with E-state index in [0.29, 0.717) is 5.92 Å². The van der Waals surface area contributed by atoms with Gasteiger partial charge in [0.25, 0.3) is 0 Å². The van der Waals surface area contributed by atoms with E-state index < -0.39 is 0 Å². The Labute approximate surface area is 85.7 Å². The zero-order chi connectivity index (χ0) is 10.5. The number of hydrogen-bond acceptors (Lipinski definition) is 2. The first-order chi connectivity index (χ1) is 6.44. The summed E-state index contributed by atoms with van der Waals surface area (Å²) in [5.74, 6) is 0.558. The van der Waals surface area contributed by atoms with Gasteiger partial charge in [0, 0.05) is 29.9 Å². The summed E-state index contributed by atoms with van der Waals surface area (Å²) in [5, 5.41) is 0. The molecule has 1 heterocycles. The van der Waals surface area contributed by atoms with Gasteiger partial charge in [-0.2, -0.15) is 0 Å². The van der Waals surface area contributed by atoms with Crippen LogP contribution in [-0.2, 0) is 0 Å². The third-order valence-electron chi connectivity index (χ3n) is 3.81. The molecule has 0 aliphatic carbocycles. The zero-order valence-corrected chi connectivity index (χ0v) is 9.33. The standard InChI is InChI=1S/C12H18N2/c1-8-10-6-5-9(13)7-11(10)14(4)12(8,2)3/h5-8H,13H2,1-4H3. The maximum Gasteiger partial charge on any atom is 0.0425 e. The Bertz CT molecular complexity index is 369. The van der Waals surface area contributed by atoms with E-state index in [1.807, 2.05) is 6.07 Å². The van der Waals surface area contributed by atoms with Gasteiger partial charge < -0.3 is 10.6 Å². The molecule has 2 N–H and O–H groups in total. The molecule has 0 radical (unpaired) electrons. The van der Waals surface area contributed by atoms with Crippen molar-refractivity contribution < 1.29 is 0 Å². The Morgan fingerprint density at radius 2 is 2.00 bits per heavy atom. The lowest BCUT2D eigenvalue weighted by molar-refractivity contribution is 0.444. The lowest BCUT2D eigenvalue weighted by atomic mass is 9.87. The van der Waals surface area contributed by atoms with E-state index in [1.54, 1.807) is 0 Å². The van der Waals surface area contributed by atoms with Gasteiger partial charge in [-0.15, -0.1) is 0 Å². The highest BCUT2D eigenvalue weighted by Crippen LogP contribution is 2.46. The average Bonchev–Trinajstić information content (AvgIpc) is 2.29. The fourth-order valence-corrected chi connectivity index (χ4v) is 2.20. The van der Waals surface area contributed by atoms with E-state index in [4.69, 9.17) is 5.73 Å². The van der Waals surface area contributed by atoms with Crippen molar-refractivity contribution in [2.45, 2.75) is 32.2 Å². The molecule has 14 heavy (non-hydrogen) atoms. The van der Waals surface area contributed by atoms with Gasteiger partial charge in [0.1, 0.15) is 0 Å². The monoisotopic (exact) mass is 190 g/mol. The maximum absolute atomic E-state index is 5.80. The van der Waals surface area contributed by atoms with E-state index in [1.165, 1.54) is 11.3 Å². The van der Waals surface area contributed by atoms with Gasteiger partial charge in [-0.25, -0.2) is 0 Å². The Balaban J connectivity index is 2.59. The first kappa shape index (κ1) is 9.38. The summed E-state index contributed by atoms with van der Waals surface area (Å²) < 4.78 is 0. The fraction of sp³-hybridized carbons (Fsp3) is 0.500. The number of likely N-dealkylation sites (N-methyl/N-ethyl adjacent to an activating group) is 1. The number of nitrogens with zero attached hydrogens (tertiary/aromatic N) is 1. The molecular formula is C12H18N2. The summed E-state index contributed by atoms with van der Waals surface area (Å²) in [4.78, 5) is 2.32. The van der Waals surface area contributed by atoms with Crippen LogP contribution in [0.15, 0.2) is 18.2 Å². The van der Waals surface area contributed by atoms with Crippen molar-refractivity contribution in [2.24, 2.45) is 0 Å². The molecule has 1 aromatic rings. The summed E-state index contributed by atoms with van der Waals surface area (Å²) in [6.07, 6.45) is 0. The van der Waals surface area contributed by atoms with Crippen molar-refractivity contribution in [1.29, 1.82) is 0 Å². The van der Waals surface area contributed by atoms with Crippen LogP contribution in [0, 0.1) is 0 Å². The molecule has 2 nitrogen and oxygen atoms in total. The molecule has 1 unspecified atom stereocenters. The Morgan fingerprint density at radius 1 is 1.36 bits per heavy atom. The largest absolute Gasteiger partial charge is 0.399 e. The van der Waals surface area contributed by atoms with Crippen molar-refractivity contribution in [2.75, 3.05) is 17.7 Å². The normalized spacial score (nSPS) is 23.7. The fourth-order valence-electron chi connectivity index (χ4n) is 2.20. The molecule has 76 valence electrons. The second kappa shape index (κ2) is 2.66. The molecule has 2 rings (SSSR count). The summed E-state index contributed by atoms with van der Waals surface area (Å²) in [5.41, 5.74) is 9.53. The third kappa shape index (κ3) is 1.03. The van der Waals surface area contributed by atoms with Crippen molar-refractivity contribution >= 4 is 11.4 Å². The minimum absolute atomic E-state index is 0.191. The molecule has 2 heteroatoms. The van der Waals surface area contributed by atoms with Gasteiger partial charge in [-0.1, -0.05) is 13.0 Å². The van der Waals surface area contributed by atoms with E-state index in [0.717, 1.165) is 5.69 Å². The topological polar surface area (TPSA) is 29.3 Å². The summed E-state index contributed by atoms with van der Waals surface area (Å²) >= 11 is 0. The molecule has 1 aliphatic heterocycles. The summed E-state index contributed by atoms with van der Waals surface area (Å²) in [7, 11) is 2.14. The maximum atomic E-state index is 5.80. The SMILES string of the molecule is CC1c2ccc(N)cc2N(C)C1(C)C. The second-order valence-corrected chi connectivity index (χ2v) is 4.75. The molecule has 0 saturated carbocycles. The van der Waals surface area contributed by atoms with E-state index in [9.17, 15) is 0 Å². The highest BCUT2D eigenvalue weighted by atomic mass is 15.2. The highest BCUT2D eigenvalue weighted by molar-refractivity contribution is 5.67. The van der Waals surface area contributed by atoms with Crippen LogP contribution in [0.25, 0.3) is 0 Å². The van der Waals surface area contributed by atoms with Crippen LogP contribution in [0.2, 0.25) is 0 Å². The number of hydrogen-bond donors (Lipinski definition) is 1. The first-order valence-electron chi connectivity index (χ1n) is 5.08. The minimum Gasteiger partial charge on any atom is -0.399 e. The predicted molar refractivity (Wildman–Crippen MR) is 61.8 cm³/mol. The Morgan fingerprint density at radius 3 is 2.64 bits per heavy atom. The molecular weight excluding hydrogens is 172 g/mol. The number of fused-ring (bicyclic) bond motifs is 1. The van der Waals surface area contributed by atoms with E-state index in [2.05, 4.69) is 44.9 Å². The Hall–Kier alpha value is -1.18. The number of nitrogen functional groups attached to an aromatic ring is 1. The molecule has 1 atom stereocenters. The smallest absolute Gasteiger partial charge is 0.0425 e. The van der Waals surface area contributed by atoms with Crippen LogP contribution in [0.4, 0.5) is 11.4 Å². The summed E-state index contributed by atoms with van der Waals surface area (Å²) in [6.45, 7) is 6.82. The van der Waals surface area contributed by atoms with E-state index in [-0.39, 0.29) is 5.54 Å². The highest BCUT2D eigenvalue weighted by Gasteiger charge is 2.39. The second-order valence-electron chi connectivity index (χ2n) is 4.75. The van der Waals surface area contributed by atoms with Gasteiger partial charge >= 0.3 is 0 Å². The summed E-state index contributed by atoms with van der Waals surface area (Å²) in [6, 6.07) is 6.21. The zero-order valence-electron chi connectivity index (χ0n) is 9.33. The minimum atomic E-state index is 0.191. The van der Waals surface area contributed by atoms with Crippen LogP contribution in [0.1, 0.15) is 32.3 Å². The average molecular weight is 190 g/mol. The van der Waals surface area contributed by atoms with Gasteiger partial charge in [0.15, 0.2) is 0 Å². The predicted octanol–water partition coefficient (Wildman–Crippen LogP) is 2.60. The van der Waals surface area contributed by atoms with Gasteiger partial charge in [0.05, 0.1) is 0 Å². The van der Waals surface area contributed by atoms with Crippen LogP contribution in [0.5, 0.6) is 0 Å². The van der Waals surface area contributed by atoms with Crippen LogP contribution in [-0.4, -0.2) is 12.6 Å². The number of benzene rings is 1. The quantitative estimate of drug-likeness (QED) is 0.637. The van der Waals surface area contributed by atoms with Gasteiger partial charge in [-0.3, -0.25) is 0 Å². The van der Waals surface area contributed by atoms with Crippen molar-refractivity contribution in [1.82, 2.24) is 0 Å². The third-order valence-corrected chi connectivity index (χ3v) is 3.81. The van der Waals surface area contributed by atoms with Crippen LogP contribution in [0.3, 0.4) is 0 Å². The number of nitrogens with two attached hydrogens (primary N) is 1. The number of rotatable bonds is 0. The van der Waals surface area contributed by atoms with Gasteiger partial charge in [0.2, 0.25) is 0 Å². The van der Waals surface area contributed by atoms with E-state index >= 15 is 0 Å². The molecule has 0 fully saturated rings. The molecule has 0 amide bonds. The van der Waals surface area contributed by atoms with Crippen molar-refractivity contribution in [3.8, 4) is 0 Å². The van der Waals surface area contributed by atoms with Crippen LogP contribution < -0.4 is 10.6 Å². The van der Waals surface area contributed by atoms with Crippen molar-refractivity contribution in [3.63, 3.8) is 0 Å².